The Labute approximate surface area is 76.5 Å². The van der Waals surface area contributed by atoms with E-state index in [4.69, 9.17) is 5.73 Å². The average molecular weight is 186 g/mol. The molecule has 2 fully saturated rings. The van der Waals surface area contributed by atoms with Crippen molar-refractivity contribution in [3.63, 3.8) is 0 Å². The van der Waals surface area contributed by atoms with Gasteiger partial charge in [-0.05, 0) is 25.0 Å². The second-order valence-corrected chi connectivity index (χ2v) is 4.84. The second kappa shape index (κ2) is 2.92. The molecular formula is C8H14N2OS. The van der Waals surface area contributed by atoms with Gasteiger partial charge in [0.15, 0.2) is 0 Å². The third-order valence-electron chi connectivity index (χ3n) is 2.51. The Kier molecular flexibility index (Phi) is 2.04. The number of nitrogens with two attached hydrogens (primary N) is 1. The number of rotatable bonds is 2. The van der Waals surface area contributed by atoms with Crippen LogP contribution in [0.1, 0.15) is 19.3 Å². The first kappa shape index (κ1) is 8.38. The summed E-state index contributed by atoms with van der Waals surface area (Å²) in [5.41, 5.74) is 5.26. The van der Waals surface area contributed by atoms with E-state index in [9.17, 15) is 4.79 Å². The van der Waals surface area contributed by atoms with E-state index in [1.54, 1.807) is 0 Å². The van der Waals surface area contributed by atoms with E-state index in [1.807, 2.05) is 11.8 Å². The molecule has 0 spiro atoms. The highest BCUT2D eigenvalue weighted by Gasteiger charge is 2.46. The molecule has 0 aromatic rings. The molecule has 0 radical (unpaired) electrons. The SMILES string of the molecule is NC1(C(=O)NC2CCSC2)CC1. The molecule has 2 aliphatic rings. The maximum atomic E-state index is 11.4. The number of hydrogen-bond donors (Lipinski definition) is 2. The topological polar surface area (TPSA) is 55.1 Å². The molecule has 1 saturated heterocycles. The van der Waals surface area contributed by atoms with Crippen LogP contribution in [0.3, 0.4) is 0 Å². The molecular weight excluding hydrogens is 172 g/mol. The highest BCUT2D eigenvalue weighted by Crippen LogP contribution is 2.32. The van der Waals surface area contributed by atoms with Gasteiger partial charge in [0.05, 0.1) is 5.54 Å². The highest BCUT2D eigenvalue weighted by molar-refractivity contribution is 7.99. The predicted octanol–water partition coefficient (Wildman–Crippen LogP) is 0.0994. The summed E-state index contributed by atoms with van der Waals surface area (Å²) < 4.78 is 0. The molecule has 0 bridgehead atoms. The summed E-state index contributed by atoms with van der Waals surface area (Å²) in [5.74, 6) is 2.29. The van der Waals surface area contributed by atoms with Crippen LogP contribution in [0, 0.1) is 0 Å². The first-order valence-electron chi connectivity index (χ1n) is 4.38. The summed E-state index contributed by atoms with van der Waals surface area (Å²) >= 11 is 1.90. The molecule has 1 aliphatic heterocycles. The predicted molar refractivity (Wildman–Crippen MR) is 50.0 cm³/mol. The molecule has 0 aromatic carbocycles. The lowest BCUT2D eigenvalue weighted by atomic mass is 10.2. The van der Waals surface area contributed by atoms with Crippen LogP contribution in [0.15, 0.2) is 0 Å². The van der Waals surface area contributed by atoms with Crippen molar-refractivity contribution in [1.29, 1.82) is 0 Å². The third kappa shape index (κ3) is 1.59. The Morgan fingerprint density at radius 1 is 1.58 bits per heavy atom. The maximum absolute atomic E-state index is 11.4. The number of hydrogen-bond acceptors (Lipinski definition) is 3. The van der Waals surface area contributed by atoms with Crippen molar-refractivity contribution < 1.29 is 4.79 Å². The number of thioether (sulfide) groups is 1. The van der Waals surface area contributed by atoms with Crippen LogP contribution in [0.4, 0.5) is 0 Å². The first-order chi connectivity index (χ1) is 5.71. The average Bonchev–Trinajstić information content (AvgIpc) is 2.63. The van der Waals surface area contributed by atoms with Gasteiger partial charge in [-0.15, -0.1) is 0 Å². The zero-order valence-corrected chi connectivity index (χ0v) is 7.82. The van der Waals surface area contributed by atoms with Gasteiger partial charge in [0, 0.05) is 11.8 Å². The molecule has 1 heterocycles. The summed E-state index contributed by atoms with van der Waals surface area (Å²) in [6.45, 7) is 0. The lowest BCUT2D eigenvalue weighted by molar-refractivity contribution is -0.123. The van der Waals surface area contributed by atoms with Crippen LogP contribution >= 0.6 is 11.8 Å². The second-order valence-electron chi connectivity index (χ2n) is 3.69. The summed E-state index contributed by atoms with van der Waals surface area (Å²) in [7, 11) is 0. The summed E-state index contributed by atoms with van der Waals surface area (Å²) in [4.78, 5) is 11.4. The van der Waals surface area contributed by atoms with E-state index in [0.717, 1.165) is 25.0 Å². The molecule has 0 aromatic heterocycles. The van der Waals surface area contributed by atoms with E-state index >= 15 is 0 Å². The van der Waals surface area contributed by atoms with Crippen LogP contribution in [0.5, 0.6) is 0 Å². The van der Waals surface area contributed by atoms with Crippen LogP contribution < -0.4 is 11.1 Å². The van der Waals surface area contributed by atoms with Gasteiger partial charge in [-0.3, -0.25) is 4.79 Å². The molecule has 1 atom stereocenters. The van der Waals surface area contributed by atoms with Crippen molar-refractivity contribution in [3.05, 3.63) is 0 Å². The molecule has 3 nitrogen and oxygen atoms in total. The minimum Gasteiger partial charge on any atom is -0.351 e. The molecule has 3 N–H and O–H groups in total. The van der Waals surface area contributed by atoms with Gasteiger partial charge >= 0.3 is 0 Å². The molecule has 1 amide bonds. The Balaban J connectivity index is 1.82. The number of carbonyl (C=O) groups excluding carboxylic acids is 1. The van der Waals surface area contributed by atoms with Crippen molar-refractivity contribution >= 4 is 17.7 Å². The fourth-order valence-corrected chi connectivity index (χ4v) is 2.49. The number of amides is 1. The van der Waals surface area contributed by atoms with Crippen LogP contribution in [-0.2, 0) is 4.79 Å². The summed E-state index contributed by atoms with van der Waals surface area (Å²) in [6, 6.07) is 0.378. The Bertz CT molecular complexity index is 197. The zero-order valence-electron chi connectivity index (χ0n) is 7.01. The van der Waals surface area contributed by atoms with Crippen molar-refractivity contribution in [1.82, 2.24) is 5.32 Å². The van der Waals surface area contributed by atoms with Gasteiger partial charge in [0.1, 0.15) is 0 Å². The van der Waals surface area contributed by atoms with Crippen molar-refractivity contribution in [3.8, 4) is 0 Å². The van der Waals surface area contributed by atoms with Crippen molar-refractivity contribution in [2.45, 2.75) is 30.8 Å². The van der Waals surface area contributed by atoms with Crippen LogP contribution in [0.25, 0.3) is 0 Å². The summed E-state index contributed by atoms with van der Waals surface area (Å²) in [5, 5.41) is 3.00. The number of nitrogens with one attached hydrogen (secondary N) is 1. The smallest absolute Gasteiger partial charge is 0.240 e. The Hall–Kier alpha value is -0.220. The molecule has 2 rings (SSSR count). The fourth-order valence-electron chi connectivity index (χ4n) is 1.34. The van der Waals surface area contributed by atoms with Crippen molar-refractivity contribution in [2.75, 3.05) is 11.5 Å². The van der Waals surface area contributed by atoms with Gasteiger partial charge < -0.3 is 11.1 Å². The van der Waals surface area contributed by atoms with E-state index in [0.29, 0.717) is 6.04 Å². The molecule has 68 valence electrons. The maximum Gasteiger partial charge on any atom is 0.240 e. The summed E-state index contributed by atoms with van der Waals surface area (Å²) in [6.07, 6.45) is 2.82. The fraction of sp³-hybridized carbons (Fsp3) is 0.875. The Morgan fingerprint density at radius 3 is 2.83 bits per heavy atom. The van der Waals surface area contributed by atoms with E-state index in [2.05, 4.69) is 5.32 Å². The van der Waals surface area contributed by atoms with Gasteiger partial charge in [0.2, 0.25) is 5.91 Å². The van der Waals surface area contributed by atoms with Crippen LogP contribution in [-0.4, -0.2) is 29.0 Å². The quantitative estimate of drug-likeness (QED) is 0.643. The van der Waals surface area contributed by atoms with Gasteiger partial charge in [-0.2, -0.15) is 11.8 Å². The minimum absolute atomic E-state index is 0.0648. The molecule has 4 heteroatoms. The Morgan fingerprint density at radius 2 is 2.33 bits per heavy atom. The normalized spacial score (nSPS) is 31.6. The minimum atomic E-state index is -0.493. The molecule has 1 aliphatic carbocycles. The van der Waals surface area contributed by atoms with Gasteiger partial charge in [-0.25, -0.2) is 0 Å². The van der Waals surface area contributed by atoms with Gasteiger partial charge in [-0.1, -0.05) is 0 Å². The van der Waals surface area contributed by atoms with E-state index in [1.165, 1.54) is 5.75 Å². The van der Waals surface area contributed by atoms with Crippen LogP contribution in [0.2, 0.25) is 0 Å². The lowest BCUT2D eigenvalue weighted by Crippen LogP contribution is -2.47. The number of carbonyl (C=O) groups is 1. The monoisotopic (exact) mass is 186 g/mol. The van der Waals surface area contributed by atoms with Crippen molar-refractivity contribution in [2.24, 2.45) is 5.73 Å². The molecule has 1 saturated carbocycles. The highest BCUT2D eigenvalue weighted by atomic mass is 32.2. The first-order valence-corrected chi connectivity index (χ1v) is 5.54. The molecule has 12 heavy (non-hydrogen) atoms. The lowest BCUT2D eigenvalue weighted by Gasteiger charge is -2.14. The zero-order chi connectivity index (χ0) is 8.60. The largest absolute Gasteiger partial charge is 0.351 e. The third-order valence-corrected chi connectivity index (χ3v) is 3.67. The molecule has 1 unspecified atom stereocenters. The standard InChI is InChI=1S/C8H14N2OS/c9-8(2-3-8)7(11)10-6-1-4-12-5-6/h6H,1-5,9H2,(H,10,11). The van der Waals surface area contributed by atoms with Gasteiger partial charge in [0.25, 0.3) is 0 Å². The van der Waals surface area contributed by atoms with E-state index < -0.39 is 5.54 Å². The van der Waals surface area contributed by atoms with E-state index in [-0.39, 0.29) is 5.91 Å².